The quantitative estimate of drug-likeness (QED) is 0.566. The van der Waals surface area contributed by atoms with E-state index < -0.39 is 16.1 Å². The van der Waals surface area contributed by atoms with Gasteiger partial charge in [0, 0.05) is 27.6 Å². The van der Waals surface area contributed by atoms with Gasteiger partial charge < -0.3 is 5.32 Å². The van der Waals surface area contributed by atoms with E-state index in [4.69, 9.17) is 23.2 Å². The first-order valence-electron chi connectivity index (χ1n) is 9.07. The van der Waals surface area contributed by atoms with E-state index in [-0.39, 0.29) is 11.6 Å². The zero-order chi connectivity index (χ0) is 20.0. The number of carbonyl (C=O) groups excluding carboxylic acids is 1. The highest BCUT2D eigenvalue weighted by Crippen LogP contribution is 2.30. The van der Waals surface area contributed by atoms with Crippen LogP contribution in [0.4, 0.5) is 5.69 Å². The number of rotatable bonds is 9. The molecule has 1 fully saturated rings. The molecule has 1 aromatic rings. The lowest BCUT2D eigenvalue weighted by Crippen LogP contribution is -2.49. The molecule has 5 nitrogen and oxygen atoms in total. The molecule has 1 saturated carbocycles. The Labute approximate surface area is 176 Å². The van der Waals surface area contributed by atoms with Gasteiger partial charge in [-0.15, -0.1) is 0 Å². The number of thioether (sulfide) groups is 1. The number of anilines is 1. The zero-order valence-electron chi connectivity index (χ0n) is 15.6. The van der Waals surface area contributed by atoms with Gasteiger partial charge in [-0.1, -0.05) is 43.0 Å². The summed E-state index contributed by atoms with van der Waals surface area (Å²) in [6.45, 7) is 2.30. The second-order valence-corrected chi connectivity index (χ2v) is 10.8. The van der Waals surface area contributed by atoms with Gasteiger partial charge in [0.2, 0.25) is 15.9 Å². The van der Waals surface area contributed by atoms with Crippen LogP contribution in [0.5, 0.6) is 0 Å². The van der Waals surface area contributed by atoms with Crippen LogP contribution in [0.25, 0.3) is 0 Å². The summed E-state index contributed by atoms with van der Waals surface area (Å²) in [5.74, 6) is 0.514. The van der Waals surface area contributed by atoms with Crippen molar-refractivity contribution in [2.24, 2.45) is 0 Å². The van der Waals surface area contributed by atoms with Gasteiger partial charge in [0.1, 0.15) is 6.04 Å². The van der Waals surface area contributed by atoms with Gasteiger partial charge in [-0.25, -0.2) is 8.42 Å². The minimum atomic E-state index is -3.70. The first-order chi connectivity index (χ1) is 12.7. The van der Waals surface area contributed by atoms with Gasteiger partial charge >= 0.3 is 0 Å². The molecule has 2 rings (SSSR count). The third-order valence-electron chi connectivity index (χ3n) is 4.49. The van der Waals surface area contributed by atoms with Crippen molar-refractivity contribution in [3.05, 3.63) is 28.2 Å². The standard InChI is InChI=1S/C18H26Cl2N2O3S2/c1-3-17(18(23)21-8-9-26-16-6-4-5-7-16)22(27(2,24)25)15-11-13(19)10-14(20)12-15/h10-12,16-17H,3-9H2,1-2H3,(H,21,23)/t17-/m1/s1. The fraction of sp³-hybridized carbons (Fsp3) is 0.611. The fourth-order valence-electron chi connectivity index (χ4n) is 3.30. The van der Waals surface area contributed by atoms with Crippen molar-refractivity contribution >= 4 is 56.6 Å². The van der Waals surface area contributed by atoms with Gasteiger partial charge in [-0.05, 0) is 37.5 Å². The number of hydrogen-bond acceptors (Lipinski definition) is 4. The second-order valence-electron chi connectivity index (χ2n) is 6.68. The number of carbonyl (C=O) groups is 1. The van der Waals surface area contributed by atoms with Crippen molar-refractivity contribution in [2.45, 2.75) is 50.3 Å². The van der Waals surface area contributed by atoms with Crippen molar-refractivity contribution in [1.29, 1.82) is 0 Å². The molecular formula is C18H26Cl2N2O3S2. The molecule has 0 spiro atoms. The maximum absolute atomic E-state index is 12.7. The lowest BCUT2D eigenvalue weighted by molar-refractivity contribution is -0.122. The Kier molecular flexibility index (Phi) is 8.59. The molecule has 0 saturated heterocycles. The van der Waals surface area contributed by atoms with E-state index in [1.165, 1.54) is 43.9 Å². The Balaban J connectivity index is 2.08. The molecule has 1 N–H and O–H groups in total. The molecule has 0 heterocycles. The van der Waals surface area contributed by atoms with E-state index in [2.05, 4.69) is 5.32 Å². The number of nitrogens with zero attached hydrogens (tertiary/aromatic N) is 1. The molecule has 27 heavy (non-hydrogen) atoms. The number of nitrogens with one attached hydrogen (secondary N) is 1. The van der Waals surface area contributed by atoms with Crippen LogP contribution < -0.4 is 9.62 Å². The smallest absolute Gasteiger partial charge is 0.243 e. The Morgan fingerprint density at radius 1 is 1.26 bits per heavy atom. The highest BCUT2D eigenvalue weighted by Gasteiger charge is 2.31. The van der Waals surface area contributed by atoms with E-state index in [1.807, 2.05) is 11.8 Å². The molecule has 1 aliphatic carbocycles. The van der Waals surface area contributed by atoms with Crippen LogP contribution in [0.2, 0.25) is 10.0 Å². The molecule has 0 bridgehead atoms. The average Bonchev–Trinajstić information content (AvgIpc) is 3.07. The first kappa shape index (κ1) is 22.7. The van der Waals surface area contributed by atoms with Gasteiger partial charge in [0.25, 0.3) is 0 Å². The van der Waals surface area contributed by atoms with Crippen LogP contribution in [0, 0.1) is 0 Å². The summed E-state index contributed by atoms with van der Waals surface area (Å²) in [4.78, 5) is 12.7. The van der Waals surface area contributed by atoms with Crippen molar-refractivity contribution in [3.8, 4) is 0 Å². The third kappa shape index (κ3) is 6.73. The Bertz CT molecular complexity index is 733. The van der Waals surface area contributed by atoms with Crippen molar-refractivity contribution in [1.82, 2.24) is 5.32 Å². The number of amides is 1. The van der Waals surface area contributed by atoms with Gasteiger partial charge in [-0.2, -0.15) is 11.8 Å². The molecule has 0 aliphatic heterocycles. The molecule has 1 aromatic carbocycles. The zero-order valence-corrected chi connectivity index (χ0v) is 18.7. The first-order valence-corrected chi connectivity index (χ1v) is 12.7. The topological polar surface area (TPSA) is 66.5 Å². The van der Waals surface area contributed by atoms with E-state index >= 15 is 0 Å². The van der Waals surface area contributed by atoms with E-state index in [9.17, 15) is 13.2 Å². The maximum atomic E-state index is 12.7. The predicted octanol–water partition coefficient (Wildman–Crippen LogP) is 4.33. The summed E-state index contributed by atoms with van der Waals surface area (Å²) < 4.78 is 25.9. The second kappa shape index (κ2) is 10.2. The van der Waals surface area contributed by atoms with Crippen LogP contribution in [-0.4, -0.2) is 44.2 Å². The number of benzene rings is 1. The van der Waals surface area contributed by atoms with Crippen LogP contribution in [0.15, 0.2) is 18.2 Å². The summed E-state index contributed by atoms with van der Waals surface area (Å²) in [7, 11) is -3.70. The molecule has 152 valence electrons. The summed E-state index contributed by atoms with van der Waals surface area (Å²) in [6.07, 6.45) is 6.47. The molecular weight excluding hydrogens is 427 g/mol. The number of halogens is 2. The molecule has 0 radical (unpaired) electrons. The summed E-state index contributed by atoms with van der Waals surface area (Å²) in [5.41, 5.74) is 0.289. The summed E-state index contributed by atoms with van der Waals surface area (Å²) >= 11 is 13.9. The fourth-order valence-corrected chi connectivity index (χ4v) is 6.23. The normalized spacial score (nSPS) is 16.3. The predicted molar refractivity (Wildman–Crippen MR) is 116 cm³/mol. The lowest BCUT2D eigenvalue weighted by Gasteiger charge is -2.30. The Hall–Kier alpha value is -0.630. The van der Waals surface area contributed by atoms with Gasteiger partial charge in [0.15, 0.2) is 0 Å². The van der Waals surface area contributed by atoms with Crippen LogP contribution in [-0.2, 0) is 14.8 Å². The summed E-state index contributed by atoms with van der Waals surface area (Å²) in [6, 6.07) is 3.67. The lowest BCUT2D eigenvalue weighted by atomic mass is 10.2. The SMILES string of the molecule is CC[C@H](C(=O)NCCSC1CCCC1)N(c1cc(Cl)cc(Cl)c1)S(C)(=O)=O. The number of hydrogen-bond donors (Lipinski definition) is 1. The molecule has 1 aliphatic rings. The van der Waals surface area contributed by atoms with Crippen molar-refractivity contribution < 1.29 is 13.2 Å². The van der Waals surface area contributed by atoms with Crippen LogP contribution in [0.1, 0.15) is 39.0 Å². The molecule has 1 amide bonds. The maximum Gasteiger partial charge on any atom is 0.243 e. The number of sulfonamides is 1. The molecule has 0 unspecified atom stereocenters. The van der Waals surface area contributed by atoms with Crippen molar-refractivity contribution in [3.63, 3.8) is 0 Å². The highest BCUT2D eigenvalue weighted by atomic mass is 35.5. The molecule has 0 aromatic heterocycles. The largest absolute Gasteiger partial charge is 0.353 e. The van der Waals surface area contributed by atoms with Gasteiger partial charge in [0.05, 0.1) is 11.9 Å². The minimum Gasteiger partial charge on any atom is -0.353 e. The Morgan fingerprint density at radius 3 is 2.37 bits per heavy atom. The molecule has 1 atom stereocenters. The third-order valence-corrected chi connectivity index (χ3v) is 7.49. The van der Waals surface area contributed by atoms with Crippen molar-refractivity contribution in [2.75, 3.05) is 22.9 Å². The average molecular weight is 453 g/mol. The summed E-state index contributed by atoms with van der Waals surface area (Å²) in [5, 5.41) is 4.19. The Morgan fingerprint density at radius 2 is 1.85 bits per heavy atom. The monoisotopic (exact) mass is 452 g/mol. The van der Waals surface area contributed by atoms with Crippen LogP contribution in [0.3, 0.4) is 0 Å². The van der Waals surface area contributed by atoms with E-state index in [0.29, 0.717) is 28.3 Å². The molecule has 9 heteroatoms. The highest BCUT2D eigenvalue weighted by molar-refractivity contribution is 7.99. The van der Waals surface area contributed by atoms with Gasteiger partial charge in [-0.3, -0.25) is 9.10 Å². The van der Waals surface area contributed by atoms with E-state index in [0.717, 1.165) is 16.3 Å². The van der Waals surface area contributed by atoms with E-state index in [1.54, 1.807) is 6.92 Å². The van der Waals surface area contributed by atoms with Crippen LogP contribution >= 0.6 is 35.0 Å². The minimum absolute atomic E-state index is 0.289.